The highest BCUT2D eigenvalue weighted by molar-refractivity contribution is 9.10. The maximum atomic E-state index is 10.4. The van der Waals surface area contributed by atoms with Crippen LogP contribution in [0.15, 0.2) is 46.9 Å². The minimum absolute atomic E-state index is 0.641. The number of aliphatic hydroxyl groups excluding tert-OH is 1. The predicted molar refractivity (Wildman–Crippen MR) is 75.9 cm³/mol. The van der Waals surface area contributed by atoms with Gasteiger partial charge in [-0.15, -0.1) is 0 Å². The Bertz CT molecular complexity index is 552. The van der Waals surface area contributed by atoms with Gasteiger partial charge in [0.2, 0.25) is 0 Å². The van der Waals surface area contributed by atoms with Crippen molar-refractivity contribution in [3.05, 3.63) is 63.6 Å². The van der Waals surface area contributed by atoms with Crippen LogP contribution in [0, 0.1) is 6.92 Å². The van der Waals surface area contributed by atoms with E-state index in [1.807, 2.05) is 49.4 Å². The highest BCUT2D eigenvalue weighted by atomic mass is 79.9. The quantitative estimate of drug-likeness (QED) is 0.933. The van der Waals surface area contributed by atoms with Gasteiger partial charge >= 0.3 is 0 Å². The molecule has 0 spiro atoms. The van der Waals surface area contributed by atoms with E-state index in [-0.39, 0.29) is 0 Å². The number of hydrogen-bond donors (Lipinski definition) is 1. The molecule has 18 heavy (non-hydrogen) atoms. The molecule has 3 heteroatoms. The number of hydrogen-bond acceptors (Lipinski definition) is 2. The van der Waals surface area contributed by atoms with Crippen molar-refractivity contribution in [3.63, 3.8) is 0 Å². The van der Waals surface area contributed by atoms with E-state index in [0.717, 1.165) is 26.9 Å². The van der Waals surface area contributed by atoms with Crippen LogP contribution in [0.4, 0.5) is 0 Å². The van der Waals surface area contributed by atoms with Gasteiger partial charge in [0.15, 0.2) is 0 Å². The summed E-state index contributed by atoms with van der Waals surface area (Å²) < 4.78 is 6.18. The molecule has 0 aliphatic heterocycles. The summed E-state index contributed by atoms with van der Waals surface area (Å²) in [6.07, 6.45) is -0.641. The highest BCUT2D eigenvalue weighted by Crippen LogP contribution is 2.30. The fourth-order valence-corrected chi connectivity index (χ4v) is 2.29. The highest BCUT2D eigenvalue weighted by Gasteiger charge is 2.14. The van der Waals surface area contributed by atoms with Gasteiger partial charge in [-0.2, -0.15) is 0 Å². The summed E-state index contributed by atoms with van der Waals surface area (Å²) in [6.45, 7) is 1.99. The summed E-state index contributed by atoms with van der Waals surface area (Å²) >= 11 is 3.48. The molecule has 0 radical (unpaired) electrons. The van der Waals surface area contributed by atoms with Crippen LogP contribution in [0.1, 0.15) is 22.8 Å². The van der Waals surface area contributed by atoms with Crippen LogP contribution in [0.5, 0.6) is 5.75 Å². The van der Waals surface area contributed by atoms with Gasteiger partial charge in [0, 0.05) is 4.47 Å². The molecule has 0 bridgehead atoms. The van der Waals surface area contributed by atoms with Crippen LogP contribution in [0.25, 0.3) is 0 Å². The van der Waals surface area contributed by atoms with Crippen LogP contribution >= 0.6 is 15.9 Å². The summed E-state index contributed by atoms with van der Waals surface area (Å²) in [5, 5.41) is 10.4. The number of benzene rings is 2. The van der Waals surface area contributed by atoms with E-state index >= 15 is 0 Å². The van der Waals surface area contributed by atoms with E-state index in [1.165, 1.54) is 0 Å². The van der Waals surface area contributed by atoms with Gasteiger partial charge in [0.25, 0.3) is 0 Å². The first-order valence-corrected chi connectivity index (χ1v) is 6.50. The molecule has 0 saturated heterocycles. The summed E-state index contributed by atoms with van der Waals surface area (Å²) in [4.78, 5) is 0. The second kappa shape index (κ2) is 5.55. The first-order chi connectivity index (χ1) is 8.63. The molecule has 2 aromatic rings. The third-order valence-corrected chi connectivity index (χ3v) is 3.87. The number of rotatable bonds is 3. The van der Waals surface area contributed by atoms with E-state index in [9.17, 15) is 5.11 Å². The first-order valence-electron chi connectivity index (χ1n) is 5.70. The topological polar surface area (TPSA) is 29.5 Å². The van der Waals surface area contributed by atoms with Crippen molar-refractivity contribution in [2.75, 3.05) is 7.11 Å². The molecule has 0 saturated carbocycles. The summed E-state index contributed by atoms with van der Waals surface area (Å²) in [7, 11) is 1.62. The van der Waals surface area contributed by atoms with Crippen molar-refractivity contribution in [3.8, 4) is 5.75 Å². The fourth-order valence-electron chi connectivity index (χ4n) is 1.91. The van der Waals surface area contributed by atoms with Crippen LogP contribution < -0.4 is 4.74 Å². The number of methoxy groups -OCH3 is 1. The lowest BCUT2D eigenvalue weighted by molar-refractivity contribution is 0.219. The van der Waals surface area contributed by atoms with Gasteiger partial charge in [-0.1, -0.05) is 40.2 Å². The molecule has 1 unspecified atom stereocenters. The predicted octanol–water partition coefficient (Wildman–Crippen LogP) is 3.85. The molecule has 1 atom stereocenters. The lowest BCUT2D eigenvalue weighted by atomic mass is 9.97. The standard InChI is InChI=1S/C15H15BrO2/c1-10-13(7-4-8-14(10)16)15(17)11-5-3-6-12(9-11)18-2/h3-9,15,17H,1-2H3. The third kappa shape index (κ3) is 2.57. The van der Waals surface area contributed by atoms with Crippen LogP contribution in [0.2, 0.25) is 0 Å². The molecule has 0 aliphatic rings. The van der Waals surface area contributed by atoms with Crippen molar-refractivity contribution >= 4 is 15.9 Å². The Labute approximate surface area is 115 Å². The Morgan fingerprint density at radius 1 is 1.17 bits per heavy atom. The van der Waals surface area contributed by atoms with Crippen molar-refractivity contribution in [2.45, 2.75) is 13.0 Å². The van der Waals surface area contributed by atoms with Crippen molar-refractivity contribution in [2.24, 2.45) is 0 Å². The van der Waals surface area contributed by atoms with Gasteiger partial charge in [-0.3, -0.25) is 0 Å². The molecule has 1 N–H and O–H groups in total. The number of aliphatic hydroxyl groups is 1. The zero-order valence-electron chi connectivity index (χ0n) is 10.4. The lowest BCUT2D eigenvalue weighted by Gasteiger charge is -2.15. The molecule has 2 aromatic carbocycles. The van der Waals surface area contributed by atoms with Gasteiger partial charge in [0.05, 0.1) is 7.11 Å². The van der Waals surface area contributed by atoms with Crippen LogP contribution in [-0.2, 0) is 0 Å². The van der Waals surface area contributed by atoms with Crippen molar-refractivity contribution in [1.29, 1.82) is 0 Å². The Hall–Kier alpha value is -1.32. The van der Waals surface area contributed by atoms with E-state index in [4.69, 9.17) is 4.74 Å². The normalized spacial score (nSPS) is 12.2. The van der Waals surface area contributed by atoms with Gasteiger partial charge < -0.3 is 9.84 Å². The molecule has 0 fully saturated rings. The molecular weight excluding hydrogens is 292 g/mol. The smallest absolute Gasteiger partial charge is 0.119 e. The van der Waals surface area contributed by atoms with Gasteiger partial charge in [-0.05, 0) is 41.8 Å². The van der Waals surface area contributed by atoms with Gasteiger partial charge in [-0.25, -0.2) is 0 Å². The van der Waals surface area contributed by atoms with E-state index in [2.05, 4.69) is 15.9 Å². The Morgan fingerprint density at radius 2 is 1.89 bits per heavy atom. The Kier molecular flexibility index (Phi) is 4.04. The summed E-state index contributed by atoms with van der Waals surface area (Å²) in [5.74, 6) is 0.749. The van der Waals surface area contributed by atoms with Crippen molar-refractivity contribution in [1.82, 2.24) is 0 Å². The fraction of sp³-hybridized carbons (Fsp3) is 0.200. The maximum absolute atomic E-state index is 10.4. The monoisotopic (exact) mass is 306 g/mol. The zero-order chi connectivity index (χ0) is 13.1. The number of halogens is 1. The zero-order valence-corrected chi connectivity index (χ0v) is 11.9. The van der Waals surface area contributed by atoms with E-state index in [0.29, 0.717) is 0 Å². The Morgan fingerprint density at radius 3 is 2.61 bits per heavy atom. The lowest BCUT2D eigenvalue weighted by Crippen LogP contribution is -2.02. The SMILES string of the molecule is COc1cccc(C(O)c2cccc(Br)c2C)c1. The minimum atomic E-state index is -0.641. The van der Waals surface area contributed by atoms with Crippen LogP contribution in [0.3, 0.4) is 0 Å². The second-order valence-corrected chi connectivity index (χ2v) is 4.99. The largest absolute Gasteiger partial charge is 0.497 e. The molecule has 0 aromatic heterocycles. The summed E-state index contributed by atoms with van der Waals surface area (Å²) in [6, 6.07) is 13.3. The average molecular weight is 307 g/mol. The molecule has 94 valence electrons. The third-order valence-electron chi connectivity index (χ3n) is 3.01. The van der Waals surface area contributed by atoms with Crippen LogP contribution in [-0.4, -0.2) is 12.2 Å². The second-order valence-electron chi connectivity index (χ2n) is 4.13. The molecule has 0 aliphatic carbocycles. The average Bonchev–Trinajstić information content (AvgIpc) is 2.41. The molecule has 0 amide bonds. The first kappa shape index (κ1) is 13.1. The summed E-state index contributed by atoms with van der Waals surface area (Å²) in [5.41, 5.74) is 2.78. The van der Waals surface area contributed by atoms with Crippen molar-refractivity contribution < 1.29 is 9.84 Å². The minimum Gasteiger partial charge on any atom is -0.497 e. The van der Waals surface area contributed by atoms with Gasteiger partial charge in [0.1, 0.15) is 11.9 Å². The molecular formula is C15H15BrO2. The van der Waals surface area contributed by atoms with E-state index in [1.54, 1.807) is 7.11 Å². The molecule has 2 nitrogen and oxygen atoms in total. The molecule has 2 rings (SSSR count). The molecule has 0 heterocycles. The Balaban J connectivity index is 2.41. The number of ether oxygens (including phenoxy) is 1. The maximum Gasteiger partial charge on any atom is 0.119 e. The van der Waals surface area contributed by atoms with E-state index < -0.39 is 6.10 Å².